The summed E-state index contributed by atoms with van der Waals surface area (Å²) in [5, 5.41) is 3.10. The lowest BCUT2D eigenvalue weighted by Crippen LogP contribution is -1.97. The second-order valence-electron chi connectivity index (χ2n) is 3.50. The normalized spacial score (nSPS) is 9.35. The molecule has 0 aromatic heterocycles. The SMILES string of the molecule is C#CCNc1cccc(Oc2ccccc2)c1. The molecule has 2 nitrogen and oxygen atoms in total. The van der Waals surface area contributed by atoms with Crippen LogP contribution in [0.4, 0.5) is 5.69 Å². The number of anilines is 1. The van der Waals surface area contributed by atoms with Crippen molar-refractivity contribution in [2.24, 2.45) is 0 Å². The lowest BCUT2D eigenvalue weighted by atomic mass is 10.3. The Morgan fingerprint density at radius 1 is 1.00 bits per heavy atom. The van der Waals surface area contributed by atoms with E-state index < -0.39 is 0 Å². The van der Waals surface area contributed by atoms with Crippen LogP contribution in [-0.4, -0.2) is 6.54 Å². The standard InChI is InChI=1S/C15H13NO/c1-2-11-16-13-7-6-10-15(12-13)17-14-8-4-3-5-9-14/h1,3-10,12,16H,11H2. The molecule has 0 saturated heterocycles. The average Bonchev–Trinajstić information content (AvgIpc) is 2.38. The van der Waals surface area contributed by atoms with Crippen LogP contribution < -0.4 is 10.1 Å². The van der Waals surface area contributed by atoms with Gasteiger partial charge in [0.15, 0.2) is 0 Å². The number of terminal acetylenes is 1. The summed E-state index contributed by atoms with van der Waals surface area (Å²) in [6, 6.07) is 17.4. The Bertz CT molecular complexity index is 514. The van der Waals surface area contributed by atoms with Crippen molar-refractivity contribution < 1.29 is 4.74 Å². The number of nitrogens with one attached hydrogen (secondary N) is 1. The van der Waals surface area contributed by atoms with E-state index in [2.05, 4.69) is 11.2 Å². The Morgan fingerprint density at radius 3 is 2.53 bits per heavy atom. The molecule has 0 aliphatic rings. The van der Waals surface area contributed by atoms with Crippen LogP contribution in [0, 0.1) is 12.3 Å². The highest BCUT2D eigenvalue weighted by molar-refractivity contribution is 5.49. The van der Waals surface area contributed by atoms with Gasteiger partial charge >= 0.3 is 0 Å². The van der Waals surface area contributed by atoms with Crippen LogP contribution in [0.5, 0.6) is 11.5 Å². The molecule has 17 heavy (non-hydrogen) atoms. The Kier molecular flexibility index (Phi) is 3.67. The van der Waals surface area contributed by atoms with E-state index in [-0.39, 0.29) is 0 Å². The van der Waals surface area contributed by atoms with E-state index in [0.717, 1.165) is 17.2 Å². The molecule has 0 spiro atoms. The fraction of sp³-hybridized carbons (Fsp3) is 0.0667. The van der Waals surface area contributed by atoms with Crippen molar-refractivity contribution in [3.63, 3.8) is 0 Å². The lowest BCUT2D eigenvalue weighted by Gasteiger charge is -2.07. The molecule has 0 radical (unpaired) electrons. The third-order valence-electron chi connectivity index (χ3n) is 2.21. The summed E-state index contributed by atoms with van der Waals surface area (Å²) >= 11 is 0. The zero-order chi connectivity index (χ0) is 11.9. The summed E-state index contributed by atoms with van der Waals surface area (Å²) in [7, 11) is 0. The number of benzene rings is 2. The fourth-order valence-corrected chi connectivity index (χ4v) is 1.45. The molecule has 0 amide bonds. The molecule has 2 rings (SSSR count). The quantitative estimate of drug-likeness (QED) is 0.801. The summed E-state index contributed by atoms with van der Waals surface area (Å²) in [5.74, 6) is 4.14. The highest BCUT2D eigenvalue weighted by Gasteiger charge is 1.97. The minimum absolute atomic E-state index is 0.509. The van der Waals surface area contributed by atoms with Crippen molar-refractivity contribution in [2.45, 2.75) is 0 Å². The summed E-state index contributed by atoms with van der Waals surface area (Å²) in [6.07, 6.45) is 5.19. The van der Waals surface area contributed by atoms with Crippen molar-refractivity contribution >= 4 is 5.69 Å². The first-order chi connectivity index (χ1) is 8.38. The van der Waals surface area contributed by atoms with Gasteiger partial charge in [0, 0.05) is 11.8 Å². The second kappa shape index (κ2) is 5.62. The molecule has 0 unspecified atom stereocenters. The van der Waals surface area contributed by atoms with E-state index in [1.54, 1.807) is 0 Å². The maximum Gasteiger partial charge on any atom is 0.129 e. The highest BCUT2D eigenvalue weighted by atomic mass is 16.5. The molecular formula is C15H13NO. The Hall–Kier alpha value is -2.40. The van der Waals surface area contributed by atoms with Crippen molar-refractivity contribution in [1.82, 2.24) is 0 Å². The summed E-state index contributed by atoms with van der Waals surface area (Å²) in [4.78, 5) is 0. The van der Waals surface area contributed by atoms with E-state index in [4.69, 9.17) is 11.2 Å². The number of hydrogen-bond donors (Lipinski definition) is 1. The average molecular weight is 223 g/mol. The van der Waals surface area contributed by atoms with Crippen LogP contribution in [0.25, 0.3) is 0 Å². The van der Waals surface area contributed by atoms with E-state index in [0.29, 0.717) is 6.54 Å². The molecule has 2 heteroatoms. The van der Waals surface area contributed by atoms with Crippen LogP contribution >= 0.6 is 0 Å². The van der Waals surface area contributed by atoms with Gasteiger partial charge in [0.2, 0.25) is 0 Å². The van der Waals surface area contributed by atoms with Crippen LogP contribution in [0.1, 0.15) is 0 Å². The van der Waals surface area contributed by atoms with Gasteiger partial charge in [-0.05, 0) is 24.3 Å². The van der Waals surface area contributed by atoms with Gasteiger partial charge in [0.25, 0.3) is 0 Å². The molecule has 0 fully saturated rings. The minimum atomic E-state index is 0.509. The van der Waals surface area contributed by atoms with Gasteiger partial charge < -0.3 is 10.1 Å². The minimum Gasteiger partial charge on any atom is -0.457 e. The highest BCUT2D eigenvalue weighted by Crippen LogP contribution is 2.23. The first-order valence-corrected chi connectivity index (χ1v) is 5.39. The number of rotatable bonds is 4. The lowest BCUT2D eigenvalue weighted by molar-refractivity contribution is 0.483. The Morgan fingerprint density at radius 2 is 1.76 bits per heavy atom. The molecule has 0 aliphatic heterocycles. The van der Waals surface area contributed by atoms with Gasteiger partial charge in [-0.25, -0.2) is 0 Å². The number of hydrogen-bond acceptors (Lipinski definition) is 2. The monoisotopic (exact) mass is 223 g/mol. The van der Waals surface area contributed by atoms with Gasteiger partial charge in [-0.15, -0.1) is 6.42 Å². The molecular weight excluding hydrogens is 210 g/mol. The van der Waals surface area contributed by atoms with Crippen LogP contribution in [0.15, 0.2) is 54.6 Å². The smallest absolute Gasteiger partial charge is 0.129 e. The Balaban J connectivity index is 2.09. The third-order valence-corrected chi connectivity index (χ3v) is 2.21. The molecule has 0 saturated carbocycles. The van der Waals surface area contributed by atoms with Crippen LogP contribution in [0.3, 0.4) is 0 Å². The molecule has 0 bridgehead atoms. The van der Waals surface area contributed by atoms with Crippen LogP contribution in [0.2, 0.25) is 0 Å². The van der Waals surface area contributed by atoms with Gasteiger partial charge in [0.05, 0.1) is 6.54 Å². The third kappa shape index (κ3) is 3.29. The predicted octanol–water partition coefficient (Wildman–Crippen LogP) is 3.52. The molecule has 84 valence electrons. The molecule has 0 aliphatic carbocycles. The predicted molar refractivity (Wildman–Crippen MR) is 70.3 cm³/mol. The van der Waals surface area contributed by atoms with E-state index in [1.165, 1.54) is 0 Å². The van der Waals surface area contributed by atoms with Crippen molar-refractivity contribution in [2.75, 3.05) is 11.9 Å². The van der Waals surface area contributed by atoms with Crippen LogP contribution in [-0.2, 0) is 0 Å². The van der Waals surface area contributed by atoms with Crippen molar-refractivity contribution in [3.8, 4) is 23.8 Å². The van der Waals surface area contributed by atoms with Crippen molar-refractivity contribution in [3.05, 3.63) is 54.6 Å². The Labute approximate surface area is 101 Å². The first-order valence-electron chi connectivity index (χ1n) is 5.39. The van der Waals surface area contributed by atoms with E-state index >= 15 is 0 Å². The van der Waals surface area contributed by atoms with Gasteiger partial charge in [-0.2, -0.15) is 0 Å². The molecule has 1 N–H and O–H groups in total. The van der Waals surface area contributed by atoms with E-state index in [1.807, 2.05) is 54.6 Å². The van der Waals surface area contributed by atoms with Gasteiger partial charge in [-0.1, -0.05) is 30.2 Å². The molecule has 2 aromatic carbocycles. The van der Waals surface area contributed by atoms with E-state index in [9.17, 15) is 0 Å². The largest absolute Gasteiger partial charge is 0.457 e. The number of para-hydroxylation sites is 1. The zero-order valence-corrected chi connectivity index (χ0v) is 9.39. The molecule has 0 heterocycles. The zero-order valence-electron chi connectivity index (χ0n) is 9.39. The maximum atomic E-state index is 5.71. The topological polar surface area (TPSA) is 21.3 Å². The summed E-state index contributed by atoms with van der Waals surface area (Å²) < 4.78 is 5.71. The summed E-state index contributed by atoms with van der Waals surface area (Å²) in [5.41, 5.74) is 0.955. The maximum absolute atomic E-state index is 5.71. The summed E-state index contributed by atoms with van der Waals surface area (Å²) in [6.45, 7) is 0.509. The van der Waals surface area contributed by atoms with Gasteiger partial charge in [0.1, 0.15) is 11.5 Å². The van der Waals surface area contributed by atoms with Gasteiger partial charge in [-0.3, -0.25) is 0 Å². The fourth-order valence-electron chi connectivity index (χ4n) is 1.45. The molecule has 0 atom stereocenters. The second-order valence-corrected chi connectivity index (χ2v) is 3.50. The number of ether oxygens (including phenoxy) is 1. The molecule has 2 aromatic rings. The first kappa shape index (κ1) is 11.1. The van der Waals surface area contributed by atoms with Crippen molar-refractivity contribution in [1.29, 1.82) is 0 Å².